The van der Waals surface area contributed by atoms with Gasteiger partial charge in [-0.15, -0.1) is 12.4 Å². The molecule has 1 N–H and O–H groups in total. The van der Waals surface area contributed by atoms with Crippen LogP contribution in [0.15, 0.2) is 28.7 Å². The number of nitro benzene ring substituents is 1. The molecular formula is C12H12BrClN4O2. The summed E-state index contributed by atoms with van der Waals surface area (Å²) in [5, 5.41) is 13.7. The average Bonchev–Trinajstić information content (AvgIpc) is 2.30. The van der Waals surface area contributed by atoms with E-state index in [1.54, 1.807) is 6.07 Å². The van der Waals surface area contributed by atoms with Gasteiger partial charge in [0.15, 0.2) is 0 Å². The van der Waals surface area contributed by atoms with Crippen molar-refractivity contribution in [2.24, 2.45) is 0 Å². The Kier molecular flexibility index (Phi) is 5.41. The molecule has 0 aliphatic rings. The molecule has 0 aliphatic heterocycles. The smallest absolute Gasteiger partial charge is 0.271 e. The van der Waals surface area contributed by atoms with Crippen LogP contribution in [0.3, 0.4) is 0 Å². The molecule has 0 saturated heterocycles. The fraction of sp³-hybridized carbons (Fsp3) is 0.167. The van der Waals surface area contributed by atoms with Gasteiger partial charge in [0.05, 0.1) is 10.6 Å². The summed E-state index contributed by atoms with van der Waals surface area (Å²) in [4.78, 5) is 18.8. The van der Waals surface area contributed by atoms with Gasteiger partial charge in [-0.25, -0.2) is 9.97 Å². The van der Waals surface area contributed by atoms with E-state index >= 15 is 0 Å². The Morgan fingerprint density at radius 3 is 2.35 bits per heavy atom. The van der Waals surface area contributed by atoms with E-state index in [2.05, 4.69) is 31.2 Å². The number of non-ortho nitro benzene ring substituents is 1. The Labute approximate surface area is 130 Å². The van der Waals surface area contributed by atoms with E-state index in [0.29, 0.717) is 16.1 Å². The minimum absolute atomic E-state index is 0. The predicted molar refractivity (Wildman–Crippen MR) is 82.8 cm³/mol. The Morgan fingerprint density at radius 1 is 1.20 bits per heavy atom. The highest BCUT2D eigenvalue weighted by atomic mass is 79.9. The van der Waals surface area contributed by atoms with E-state index in [1.165, 1.54) is 12.1 Å². The molecule has 1 heterocycles. The van der Waals surface area contributed by atoms with Crippen molar-refractivity contribution in [1.82, 2.24) is 9.97 Å². The Hall–Kier alpha value is -1.73. The van der Waals surface area contributed by atoms with Gasteiger partial charge in [0, 0.05) is 28.0 Å². The lowest BCUT2D eigenvalue weighted by Crippen LogP contribution is -2.01. The fourth-order valence-corrected chi connectivity index (χ4v) is 1.97. The third kappa shape index (κ3) is 3.88. The molecule has 0 amide bonds. The summed E-state index contributed by atoms with van der Waals surface area (Å²) in [7, 11) is 0. The number of aryl methyl sites for hydroxylation is 2. The summed E-state index contributed by atoms with van der Waals surface area (Å²) in [5.41, 5.74) is 2.22. The third-order valence-electron chi connectivity index (χ3n) is 2.39. The van der Waals surface area contributed by atoms with Crippen molar-refractivity contribution in [3.05, 3.63) is 50.2 Å². The summed E-state index contributed by atoms with van der Waals surface area (Å²) < 4.78 is 0.709. The van der Waals surface area contributed by atoms with Crippen molar-refractivity contribution in [2.45, 2.75) is 13.8 Å². The number of benzene rings is 1. The number of anilines is 2. The number of nitrogens with zero attached hydrogens (tertiary/aromatic N) is 3. The Balaban J connectivity index is 0.00000200. The van der Waals surface area contributed by atoms with Crippen LogP contribution in [-0.2, 0) is 0 Å². The monoisotopic (exact) mass is 358 g/mol. The maximum absolute atomic E-state index is 10.8. The van der Waals surface area contributed by atoms with Crippen molar-refractivity contribution < 1.29 is 4.92 Å². The molecule has 8 heteroatoms. The van der Waals surface area contributed by atoms with Crippen molar-refractivity contribution in [2.75, 3.05) is 5.32 Å². The van der Waals surface area contributed by atoms with Gasteiger partial charge in [-0.1, -0.05) is 0 Å². The second kappa shape index (κ2) is 6.62. The molecule has 0 radical (unpaired) electrons. The van der Waals surface area contributed by atoms with Gasteiger partial charge >= 0.3 is 0 Å². The zero-order valence-corrected chi connectivity index (χ0v) is 13.2. The molecular weight excluding hydrogens is 348 g/mol. The number of halogens is 2. The average molecular weight is 360 g/mol. The molecule has 0 atom stereocenters. The van der Waals surface area contributed by atoms with Gasteiger partial charge in [0.25, 0.3) is 5.69 Å². The molecule has 1 aromatic carbocycles. The Bertz CT molecular complexity index is 631. The van der Waals surface area contributed by atoms with Crippen molar-refractivity contribution in [3.63, 3.8) is 0 Å². The van der Waals surface area contributed by atoms with E-state index < -0.39 is 4.92 Å². The predicted octanol–water partition coefficient (Wildman–Crippen LogP) is 3.93. The molecule has 0 bridgehead atoms. The van der Waals surface area contributed by atoms with Gasteiger partial charge in [-0.3, -0.25) is 10.1 Å². The first-order valence-corrected chi connectivity index (χ1v) is 6.28. The summed E-state index contributed by atoms with van der Waals surface area (Å²) >= 11 is 3.33. The number of hydrogen-bond donors (Lipinski definition) is 1. The molecule has 1 aromatic heterocycles. The van der Waals surface area contributed by atoms with Crippen molar-refractivity contribution in [1.29, 1.82) is 0 Å². The molecule has 0 saturated carbocycles. The first-order valence-electron chi connectivity index (χ1n) is 5.49. The quantitative estimate of drug-likeness (QED) is 0.663. The molecule has 2 aromatic rings. The van der Waals surface area contributed by atoms with E-state index in [9.17, 15) is 10.1 Å². The third-order valence-corrected chi connectivity index (χ3v) is 3.08. The lowest BCUT2D eigenvalue weighted by Gasteiger charge is -2.08. The minimum Gasteiger partial charge on any atom is -0.323 e. The second-order valence-corrected chi connectivity index (χ2v) is 4.87. The number of rotatable bonds is 3. The van der Waals surface area contributed by atoms with E-state index in [4.69, 9.17) is 0 Å². The van der Waals surface area contributed by atoms with E-state index in [-0.39, 0.29) is 18.1 Å². The van der Waals surface area contributed by atoms with Crippen molar-refractivity contribution >= 4 is 45.7 Å². The van der Waals surface area contributed by atoms with Crippen LogP contribution < -0.4 is 5.32 Å². The molecule has 0 unspecified atom stereocenters. The van der Waals surface area contributed by atoms with E-state index in [0.717, 1.165) is 11.4 Å². The normalized spacial score (nSPS) is 9.75. The zero-order chi connectivity index (χ0) is 14.0. The van der Waals surface area contributed by atoms with Crippen LogP contribution in [0, 0.1) is 24.0 Å². The number of aromatic nitrogens is 2. The highest BCUT2D eigenvalue weighted by molar-refractivity contribution is 9.10. The summed E-state index contributed by atoms with van der Waals surface area (Å²) in [6.45, 7) is 3.73. The van der Waals surface area contributed by atoms with Gasteiger partial charge < -0.3 is 5.32 Å². The fourth-order valence-electron chi connectivity index (χ4n) is 1.62. The first-order chi connectivity index (χ1) is 8.95. The van der Waals surface area contributed by atoms with Gasteiger partial charge in [0.2, 0.25) is 5.95 Å². The Morgan fingerprint density at radius 2 is 1.80 bits per heavy atom. The topological polar surface area (TPSA) is 81.0 Å². The van der Waals surface area contributed by atoms with Gasteiger partial charge in [0.1, 0.15) is 0 Å². The molecule has 2 rings (SSSR count). The molecule has 6 nitrogen and oxygen atoms in total. The summed E-state index contributed by atoms with van der Waals surface area (Å²) in [6.07, 6.45) is 0. The second-order valence-electron chi connectivity index (χ2n) is 4.02. The first kappa shape index (κ1) is 16.3. The maximum atomic E-state index is 10.8. The zero-order valence-electron chi connectivity index (χ0n) is 10.8. The lowest BCUT2D eigenvalue weighted by molar-refractivity contribution is -0.384. The van der Waals surface area contributed by atoms with E-state index in [1.807, 2.05) is 19.9 Å². The standard InChI is InChI=1S/C12H11BrN4O2.ClH/c1-7-5-8(2)15-12(14-7)16-11-6-9(17(18)19)3-4-10(11)13;/h3-6H,1-2H3,(H,14,15,16);1H. The van der Waals surface area contributed by atoms with Crippen molar-refractivity contribution in [3.8, 4) is 0 Å². The van der Waals surface area contributed by atoms with Gasteiger partial charge in [-0.05, 0) is 41.9 Å². The molecule has 20 heavy (non-hydrogen) atoms. The van der Waals surface area contributed by atoms with Crippen LogP contribution >= 0.6 is 28.3 Å². The van der Waals surface area contributed by atoms with Crippen LogP contribution in [0.1, 0.15) is 11.4 Å². The van der Waals surface area contributed by atoms with Crippen LogP contribution in [0.4, 0.5) is 17.3 Å². The molecule has 106 valence electrons. The highest BCUT2D eigenvalue weighted by Crippen LogP contribution is 2.28. The van der Waals surface area contributed by atoms with Crippen LogP contribution in [0.25, 0.3) is 0 Å². The maximum Gasteiger partial charge on any atom is 0.271 e. The van der Waals surface area contributed by atoms with Crippen LogP contribution in [0.5, 0.6) is 0 Å². The molecule has 0 spiro atoms. The molecule has 0 aliphatic carbocycles. The van der Waals surface area contributed by atoms with Crippen LogP contribution in [-0.4, -0.2) is 14.9 Å². The summed E-state index contributed by atoms with van der Waals surface area (Å²) in [6, 6.07) is 6.33. The number of nitrogens with one attached hydrogen (secondary N) is 1. The minimum atomic E-state index is -0.444. The highest BCUT2D eigenvalue weighted by Gasteiger charge is 2.10. The number of nitro groups is 1. The van der Waals surface area contributed by atoms with Crippen LogP contribution in [0.2, 0.25) is 0 Å². The molecule has 0 fully saturated rings. The summed E-state index contributed by atoms with van der Waals surface area (Å²) in [5.74, 6) is 0.415. The number of hydrogen-bond acceptors (Lipinski definition) is 5. The SMILES string of the molecule is Cc1cc(C)nc(Nc2cc([N+](=O)[O-])ccc2Br)n1.Cl. The van der Waals surface area contributed by atoms with Gasteiger partial charge in [-0.2, -0.15) is 0 Å². The largest absolute Gasteiger partial charge is 0.323 e. The lowest BCUT2D eigenvalue weighted by atomic mass is 10.3.